The highest BCUT2D eigenvalue weighted by atomic mass is 32.2. The molecule has 302 valence electrons. The molecule has 54 heavy (non-hydrogen) atoms. The van der Waals surface area contributed by atoms with Crippen molar-refractivity contribution >= 4 is 35.3 Å². The van der Waals surface area contributed by atoms with E-state index in [4.69, 9.17) is 0 Å². The SMILES string of the molecule is C1CCC2CC(C3CCC(N(C4CCCC5C6CC7CCCCC7CC6SC54)C4CCCC5C6CCC7SC8CCCCC8C7C6SC54)CC3)CCC2C1. The normalized spacial score (nSPS) is 56.7. The molecule has 0 spiro atoms. The van der Waals surface area contributed by atoms with E-state index in [-0.39, 0.29) is 0 Å². The summed E-state index contributed by atoms with van der Waals surface area (Å²) in [5, 5.41) is 6.06. The van der Waals surface area contributed by atoms with Crippen LogP contribution in [0, 0.1) is 71.0 Å². The lowest BCUT2D eigenvalue weighted by atomic mass is 9.62. The second-order valence-corrected chi connectivity index (χ2v) is 27.1. The van der Waals surface area contributed by atoms with E-state index >= 15 is 0 Å². The summed E-state index contributed by atoms with van der Waals surface area (Å²) in [6, 6.07) is 2.72. The van der Waals surface area contributed by atoms with Crippen molar-refractivity contribution < 1.29 is 0 Å². The van der Waals surface area contributed by atoms with Gasteiger partial charge in [-0.25, -0.2) is 0 Å². The average Bonchev–Trinajstić information content (AvgIpc) is 3.92. The molecule has 0 N–H and O–H groups in total. The first-order valence-corrected chi connectivity index (χ1v) is 28.3. The molecule has 3 saturated heterocycles. The molecule has 3 heterocycles. The minimum absolute atomic E-state index is 0.905. The molecule has 19 unspecified atom stereocenters. The Kier molecular flexibility index (Phi) is 10.6. The molecule has 4 heteroatoms. The summed E-state index contributed by atoms with van der Waals surface area (Å²) in [6.07, 6.45) is 45.8. The maximum Gasteiger partial charge on any atom is 0.0237 e. The van der Waals surface area contributed by atoms with Gasteiger partial charge in [-0.1, -0.05) is 77.0 Å². The number of hydrogen-bond acceptors (Lipinski definition) is 4. The van der Waals surface area contributed by atoms with Gasteiger partial charge in [0.25, 0.3) is 0 Å². The first kappa shape index (κ1) is 36.8. The fraction of sp³-hybridized carbons (Fsp3) is 1.00. The van der Waals surface area contributed by atoms with Crippen molar-refractivity contribution in [2.75, 3.05) is 0 Å². The minimum Gasteiger partial charge on any atom is -0.292 e. The Morgan fingerprint density at radius 3 is 1.65 bits per heavy atom. The van der Waals surface area contributed by atoms with Gasteiger partial charge in [0, 0.05) is 49.6 Å². The highest BCUT2D eigenvalue weighted by molar-refractivity contribution is 8.02. The lowest BCUT2D eigenvalue weighted by molar-refractivity contribution is -0.0135. The Morgan fingerprint density at radius 1 is 0.296 bits per heavy atom. The molecule has 0 radical (unpaired) electrons. The van der Waals surface area contributed by atoms with E-state index in [1.807, 2.05) is 0 Å². The first-order valence-electron chi connectivity index (χ1n) is 25.5. The second-order valence-electron chi connectivity index (χ2n) is 22.8. The molecule has 9 saturated carbocycles. The molecule has 0 aromatic heterocycles. The lowest BCUT2D eigenvalue weighted by Gasteiger charge is -2.54. The predicted octanol–water partition coefficient (Wildman–Crippen LogP) is 13.7. The van der Waals surface area contributed by atoms with Crippen LogP contribution in [0.25, 0.3) is 0 Å². The second kappa shape index (κ2) is 15.5. The summed E-state index contributed by atoms with van der Waals surface area (Å²) < 4.78 is 0. The standard InChI is InChI=1S/C50H79NS3/c1-2-10-32-27-35(20-19-30(32)9-1)31-21-23-36(24-22-31)51(42-16-8-15-38-41-28-33-11-3-4-12-34(33)29-46(41)53-48(38)42)43-17-7-14-37-39-25-26-45-47(50(39)54-49(37)43)40-13-5-6-18-44(40)52-45/h30-50H,1-29H2. The van der Waals surface area contributed by atoms with Gasteiger partial charge in [0.15, 0.2) is 0 Å². The number of fused-ring (bicyclic) bond motifs is 12. The van der Waals surface area contributed by atoms with Crippen molar-refractivity contribution in [1.29, 1.82) is 0 Å². The van der Waals surface area contributed by atoms with E-state index in [1.165, 1.54) is 6.42 Å². The number of thioether (sulfide) groups is 3. The lowest BCUT2D eigenvalue weighted by Crippen LogP contribution is -2.60. The van der Waals surface area contributed by atoms with Crippen LogP contribution in [0.3, 0.4) is 0 Å². The van der Waals surface area contributed by atoms with E-state index in [0.717, 1.165) is 121 Å². The van der Waals surface area contributed by atoms with Crippen molar-refractivity contribution in [3.63, 3.8) is 0 Å². The Balaban J connectivity index is 0.823. The van der Waals surface area contributed by atoms with Gasteiger partial charge < -0.3 is 0 Å². The zero-order valence-electron chi connectivity index (χ0n) is 34.3. The van der Waals surface area contributed by atoms with E-state index in [1.54, 1.807) is 180 Å². The van der Waals surface area contributed by atoms with Gasteiger partial charge in [-0.05, 0) is 180 Å². The maximum atomic E-state index is 3.55. The molecule has 12 fully saturated rings. The van der Waals surface area contributed by atoms with Gasteiger partial charge >= 0.3 is 0 Å². The van der Waals surface area contributed by atoms with E-state index < -0.39 is 0 Å². The van der Waals surface area contributed by atoms with Crippen molar-refractivity contribution in [3.8, 4) is 0 Å². The fourth-order valence-corrected chi connectivity index (χ4v) is 25.6. The van der Waals surface area contributed by atoms with Crippen LogP contribution in [-0.2, 0) is 0 Å². The number of hydrogen-bond donors (Lipinski definition) is 0. The van der Waals surface area contributed by atoms with E-state index in [0.29, 0.717) is 0 Å². The molecule has 12 rings (SSSR count). The van der Waals surface area contributed by atoms with Crippen LogP contribution in [0.4, 0.5) is 0 Å². The number of rotatable bonds is 4. The van der Waals surface area contributed by atoms with Gasteiger partial charge in [-0.2, -0.15) is 35.3 Å². The van der Waals surface area contributed by atoms with Crippen molar-refractivity contribution in [3.05, 3.63) is 0 Å². The maximum absolute atomic E-state index is 3.55. The molecular weight excluding hydrogens is 711 g/mol. The summed E-state index contributed by atoms with van der Waals surface area (Å²) in [5.41, 5.74) is 0. The largest absolute Gasteiger partial charge is 0.292 e. The van der Waals surface area contributed by atoms with Crippen LogP contribution in [0.15, 0.2) is 0 Å². The molecular formula is C50H79NS3. The molecule has 0 bridgehead atoms. The zero-order valence-corrected chi connectivity index (χ0v) is 36.8. The Morgan fingerprint density at radius 2 is 0.852 bits per heavy atom. The Labute approximate surface area is 345 Å². The smallest absolute Gasteiger partial charge is 0.0237 e. The minimum atomic E-state index is 0.905. The third-order valence-corrected chi connectivity index (χ3v) is 26.5. The van der Waals surface area contributed by atoms with Gasteiger partial charge in [-0.3, -0.25) is 4.90 Å². The Hall–Kier alpha value is 1.01. The van der Waals surface area contributed by atoms with Crippen LogP contribution < -0.4 is 0 Å². The summed E-state index contributed by atoms with van der Waals surface area (Å²) in [6.45, 7) is 0. The molecule has 0 aromatic carbocycles. The average molecular weight is 790 g/mol. The summed E-state index contributed by atoms with van der Waals surface area (Å²) in [7, 11) is 0. The summed E-state index contributed by atoms with van der Waals surface area (Å²) in [5.74, 6) is 13.0. The van der Waals surface area contributed by atoms with Crippen LogP contribution >= 0.6 is 35.3 Å². The van der Waals surface area contributed by atoms with Gasteiger partial charge in [-0.15, -0.1) is 0 Å². The predicted molar refractivity (Wildman–Crippen MR) is 234 cm³/mol. The van der Waals surface area contributed by atoms with Crippen molar-refractivity contribution in [1.82, 2.24) is 4.90 Å². The third-order valence-electron chi connectivity index (χ3n) is 20.9. The molecule has 3 aliphatic heterocycles. The summed E-state index contributed by atoms with van der Waals surface area (Å²) in [4.78, 5) is 3.55. The quantitative estimate of drug-likeness (QED) is 0.279. The highest BCUT2D eigenvalue weighted by Crippen LogP contribution is 2.66. The van der Waals surface area contributed by atoms with Crippen LogP contribution in [0.1, 0.15) is 186 Å². The molecule has 1 nitrogen and oxygen atoms in total. The van der Waals surface area contributed by atoms with Gasteiger partial charge in [0.1, 0.15) is 0 Å². The van der Waals surface area contributed by atoms with Crippen molar-refractivity contribution in [2.24, 2.45) is 71.0 Å². The van der Waals surface area contributed by atoms with Crippen LogP contribution in [-0.4, -0.2) is 54.5 Å². The topological polar surface area (TPSA) is 3.24 Å². The first-order chi connectivity index (χ1) is 26.7. The Bertz CT molecular complexity index is 1310. The van der Waals surface area contributed by atoms with Gasteiger partial charge in [0.05, 0.1) is 0 Å². The fourth-order valence-electron chi connectivity index (χ4n) is 18.7. The molecule has 9 aliphatic carbocycles. The highest BCUT2D eigenvalue weighted by Gasteiger charge is 2.61. The number of nitrogens with zero attached hydrogens (tertiary/aromatic N) is 1. The molecule has 12 aliphatic rings. The van der Waals surface area contributed by atoms with Crippen LogP contribution in [0.2, 0.25) is 0 Å². The third kappa shape index (κ3) is 6.37. The monoisotopic (exact) mass is 790 g/mol. The van der Waals surface area contributed by atoms with E-state index in [9.17, 15) is 0 Å². The van der Waals surface area contributed by atoms with Crippen LogP contribution in [0.5, 0.6) is 0 Å². The molecule has 0 aromatic rings. The molecule has 19 atom stereocenters. The molecule has 0 amide bonds. The van der Waals surface area contributed by atoms with Crippen molar-refractivity contribution in [2.45, 2.75) is 236 Å². The van der Waals surface area contributed by atoms with E-state index in [2.05, 4.69) is 40.2 Å². The zero-order chi connectivity index (χ0) is 35.3. The summed E-state index contributed by atoms with van der Waals surface area (Å²) >= 11 is 7.89. The van der Waals surface area contributed by atoms with Gasteiger partial charge in [0.2, 0.25) is 0 Å².